The molecule has 5 rings (SSSR count). The zero-order valence-electron chi connectivity index (χ0n) is 19.3. The topological polar surface area (TPSA) is 85.6 Å². The molecule has 0 fully saturated rings. The van der Waals surface area contributed by atoms with Crippen LogP contribution in [0.4, 0.5) is 0 Å². The van der Waals surface area contributed by atoms with Gasteiger partial charge in [0.25, 0.3) is 5.91 Å². The summed E-state index contributed by atoms with van der Waals surface area (Å²) in [5, 5.41) is 5.39. The predicted octanol–water partition coefficient (Wildman–Crippen LogP) is 5.03. The molecule has 1 heterocycles. The highest BCUT2D eigenvalue weighted by Gasteiger charge is 2.24. The lowest BCUT2D eigenvalue weighted by atomic mass is 10.0. The molecule has 6 heteroatoms. The summed E-state index contributed by atoms with van der Waals surface area (Å²) in [6, 6.07) is 29.9. The van der Waals surface area contributed by atoms with Gasteiger partial charge in [-0.3, -0.25) is 4.79 Å². The van der Waals surface area contributed by atoms with Crippen molar-refractivity contribution in [2.45, 2.75) is 19.1 Å². The second-order valence-corrected chi connectivity index (χ2v) is 8.44. The quantitative estimate of drug-likeness (QED) is 0.202. The standard InChI is InChI=1S/C30H23NO5/c32-27-18-23(28-24-14-8-7-11-21(24)15-16-26(28)36-27)19-35-30(34)25(17-20-9-3-1-4-10-20)31-29(33)22-12-5-2-6-13-22/h1-16,18,25H,17,19H2,(H,31,33). The number of fused-ring (bicyclic) bond motifs is 3. The first-order valence-electron chi connectivity index (χ1n) is 11.6. The van der Waals surface area contributed by atoms with E-state index in [4.69, 9.17) is 9.15 Å². The van der Waals surface area contributed by atoms with Crippen LogP contribution in [0.2, 0.25) is 0 Å². The average Bonchev–Trinajstić information content (AvgIpc) is 2.91. The van der Waals surface area contributed by atoms with E-state index >= 15 is 0 Å². The van der Waals surface area contributed by atoms with Gasteiger partial charge in [-0.2, -0.15) is 0 Å². The second kappa shape index (κ2) is 10.3. The molecule has 1 unspecified atom stereocenters. The van der Waals surface area contributed by atoms with Crippen LogP contribution < -0.4 is 10.9 Å². The van der Waals surface area contributed by atoms with E-state index in [9.17, 15) is 14.4 Å². The number of carbonyl (C=O) groups is 2. The third kappa shape index (κ3) is 5.03. The van der Waals surface area contributed by atoms with Crippen molar-refractivity contribution in [2.75, 3.05) is 0 Å². The molecule has 0 aliphatic rings. The summed E-state index contributed by atoms with van der Waals surface area (Å²) in [5.41, 5.74) is 1.76. The van der Waals surface area contributed by atoms with Crippen LogP contribution in [0.15, 0.2) is 112 Å². The zero-order valence-corrected chi connectivity index (χ0v) is 19.3. The van der Waals surface area contributed by atoms with E-state index < -0.39 is 17.6 Å². The molecule has 36 heavy (non-hydrogen) atoms. The maximum Gasteiger partial charge on any atom is 0.336 e. The number of rotatable bonds is 7. The molecule has 0 aliphatic heterocycles. The molecule has 1 atom stereocenters. The minimum atomic E-state index is -0.914. The number of carbonyl (C=O) groups excluding carboxylic acids is 2. The molecular weight excluding hydrogens is 454 g/mol. The third-order valence-electron chi connectivity index (χ3n) is 5.99. The van der Waals surface area contributed by atoms with Gasteiger partial charge in [-0.25, -0.2) is 9.59 Å². The average molecular weight is 478 g/mol. The second-order valence-electron chi connectivity index (χ2n) is 8.44. The first-order chi connectivity index (χ1) is 17.6. The van der Waals surface area contributed by atoms with Crippen molar-refractivity contribution in [3.05, 3.63) is 130 Å². The third-order valence-corrected chi connectivity index (χ3v) is 5.99. The normalized spacial score (nSPS) is 11.8. The number of ether oxygens (including phenoxy) is 1. The molecule has 1 amide bonds. The Morgan fingerprint density at radius 2 is 1.53 bits per heavy atom. The number of nitrogens with one attached hydrogen (secondary N) is 1. The number of hydrogen-bond donors (Lipinski definition) is 1. The summed E-state index contributed by atoms with van der Waals surface area (Å²) in [6.45, 7) is -0.137. The van der Waals surface area contributed by atoms with E-state index in [1.807, 2.05) is 66.7 Å². The summed E-state index contributed by atoms with van der Waals surface area (Å²) in [6.07, 6.45) is 0.263. The van der Waals surface area contributed by atoms with Gasteiger partial charge in [0.1, 0.15) is 18.2 Å². The molecule has 1 aromatic heterocycles. The Labute approximate surface area is 207 Å². The monoisotopic (exact) mass is 477 g/mol. The zero-order chi connectivity index (χ0) is 24.9. The first kappa shape index (κ1) is 23.1. The molecule has 5 aromatic rings. The van der Waals surface area contributed by atoms with Crippen LogP contribution in [0, 0.1) is 0 Å². The van der Waals surface area contributed by atoms with E-state index in [0.29, 0.717) is 22.1 Å². The fraction of sp³-hybridized carbons (Fsp3) is 0.100. The van der Waals surface area contributed by atoms with Crippen LogP contribution in [-0.4, -0.2) is 17.9 Å². The van der Waals surface area contributed by atoms with Crippen LogP contribution in [-0.2, 0) is 22.6 Å². The van der Waals surface area contributed by atoms with Gasteiger partial charge in [0.2, 0.25) is 0 Å². The van der Waals surface area contributed by atoms with Gasteiger partial charge in [-0.05, 0) is 34.5 Å². The van der Waals surface area contributed by atoms with Crippen LogP contribution >= 0.6 is 0 Å². The molecule has 0 bridgehead atoms. The van der Waals surface area contributed by atoms with Gasteiger partial charge in [-0.1, -0.05) is 78.9 Å². The van der Waals surface area contributed by atoms with Crippen molar-refractivity contribution in [2.24, 2.45) is 0 Å². The first-order valence-corrected chi connectivity index (χ1v) is 11.6. The van der Waals surface area contributed by atoms with Crippen molar-refractivity contribution < 1.29 is 18.7 Å². The SMILES string of the molecule is O=C(NC(Cc1ccccc1)C(=O)OCc1cc(=O)oc2ccc3ccccc3c12)c1ccccc1. The van der Waals surface area contributed by atoms with E-state index in [2.05, 4.69) is 5.32 Å². The lowest BCUT2D eigenvalue weighted by Gasteiger charge is -2.18. The van der Waals surface area contributed by atoms with Gasteiger partial charge in [0.05, 0.1) is 0 Å². The van der Waals surface area contributed by atoms with E-state index in [1.165, 1.54) is 6.07 Å². The molecule has 6 nitrogen and oxygen atoms in total. The summed E-state index contributed by atoms with van der Waals surface area (Å²) in [5.74, 6) is -0.963. The summed E-state index contributed by atoms with van der Waals surface area (Å²) in [7, 11) is 0. The van der Waals surface area contributed by atoms with Crippen molar-refractivity contribution in [1.82, 2.24) is 5.32 Å². The van der Waals surface area contributed by atoms with Crippen molar-refractivity contribution >= 4 is 33.6 Å². The van der Waals surface area contributed by atoms with Gasteiger partial charge in [-0.15, -0.1) is 0 Å². The van der Waals surface area contributed by atoms with Gasteiger partial charge in [0.15, 0.2) is 0 Å². The maximum absolute atomic E-state index is 13.2. The highest BCUT2D eigenvalue weighted by Crippen LogP contribution is 2.27. The van der Waals surface area contributed by atoms with Crippen LogP contribution in [0.5, 0.6) is 0 Å². The van der Waals surface area contributed by atoms with E-state index in [-0.39, 0.29) is 18.9 Å². The number of hydrogen-bond acceptors (Lipinski definition) is 5. The molecule has 0 saturated carbocycles. The minimum absolute atomic E-state index is 0.137. The predicted molar refractivity (Wildman–Crippen MR) is 138 cm³/mol. The van der Waals surface area contributed by atoms with Crippen molar-refractivity contribution in [3.8, 4) is 0 Å². The Bertz CT molecular complexity index is 1590. The largest absolute Gasteiger partial charge is 0.459 e. The molecule has 178 valence electrons. The molecule has 0 radical (unpaired) electrons. The smallest absolute Gasteiger partial charge is 0.336 e. The Morgan fingerprint density at radius 3 is 2.31 bits per heavy atom. The van der Waals surface area contributed by atoms with Crippen LogP contribution in [0.25, 0.3) is 21.7 Å². The van der Waals surface area contributed by atoms with E-state index in [0.717, 1.165) is 16.3 Å². The molecule has 0 spiro atoms. The molecule has 4 aromatic carbocycles. The summed E-state index contributed by atoms with van der Waals surface area (Å²) < 4.78 is 11.1. The maximum atomic E-state index is 13.2. The van der Waals surface area contributed by atoms with Gasteiger partial charge < -0.3 is 14.5 Å². The lowest BCUT2D eigenvalue weighted by Crippen LogP contribution is -2.43. The van der Waals surface area contributed by atoms with Crippen LogP contribution in [0.1, 0.15) is 21.5 Å². The summed E-state index contributed by atoms with van der Waals surface area (Å²) >= 11 is 0. The summed E-state index contributed by atoms with van der Waals surface area (Å²) in [4.78, 5) is 38.2. The Morgan fingerprint density at radius 1 is 0.833 bits per heavy atom. The molecular formula is C30H23NO5. The molecule has 0 saturated heterocycles. The molecule has 0 aliphatic carbocycles. The van der Waals surface area contributed by atoms with Crippen molar-refractivity contribution in [1.29, 1.82) is 0 Å². The minimum Gasteiger partial charge on any atom is -0.459 e. The Balaban J connectivity index is 1.42. The Hall–Kier alpha value is -4.71. The fourth-order valence-electron chi connectivity index (χ4n) is 4.26. The number of esters is 1. The fourth-order valence-corrected chi connectivity index (χ4v) is 4.26. The van der Waals surface area contributed by atoms with E-state index in [1.54, 1.807) is 30.3 Å². The highest BCUT2D eigenvalue weighted by molar-refractivity contribution is 6.07. The highest BCUT2D eigenvalue weighted by atomic mass is 16.5. The number of benzene rings is 4. The number of amides is 1. The Kier molecular flexibility index (Phi) is 6.58. The van der Waals surface area contributed by atoms with Gasteiger partial charge in [0, 0.05) is 29.0 Å². The lowest BCUT2D eigenvalue weighted by molar-refractivity contribution is -0.147. The van der Waals surface area contributed by atoms with Crippen LogP contribution in [0.3, 0.4) is 0 Å². The van der Waals surface area contributed by atoms with Gasteiger partial charge >= 0.3 is 11.6 Å². The molecule has 1 N–H and O–H groups in total. The van der Waals surface area contributed by atoms with Crippen molar-refractivity contribution in [3.63, 3.8) is 0 Å².